The van der Waals surface area contributed by atoms with Gasteiger partial charge in [-0.2, -0.15) is 0 Å². The maximum absolute atomic E-state index is 13.2. The largest absolute Gasteiger partial charge is 0.297 e. The van der Waals surface area contributed by atoms with E-state index in [0.29, 0.717) is 18.0 Å². The summed E-state index contributed by atoms with van der Waals surface area (Å²) in [6.07, 6.45) is 2.43. The minimum Gasteiger partial charge on any atom is -0.297 e. The van der Waals surface area contributed by atoms with Crippen molar-refractivity contribution in [3.05, 3.63) is 107 Å². The molecule has 2 aliphatic rings. The molecular weight excluding hydrogens is 371 g/mol. The summed E-state index contributed by atoms with van der Waals surface area (Å²) in [5, 5.41) is 0. The van der Waals surface area contributed by atoms with Crippen LogP contribution in [0.4, 0.5) is 4.39 Å². The normalized spacial score (nSPS) is 24.1. The number of benzene rings is 3. The third kappa shape index (κ3) is 4.05. The quantitative estimate of drug-likeness (QED) is 0.573. The first-order valence-electron chi connectivity index (χ1n) is 11.1. The van der Waals surface area contributed by atoms with E-state index < -0.39 is 0 Å². The van der Waals surface area contributed by atoms with Crippen molar-refractivity contribution in [2.24, 2.45) is 0 Å². The molecule has 0 saturated carbocycles. The van der Waals surface area contributed by atoms with Crippen LogP contribution in [0.2, 0.25) is 0 Å². The number of hydrogen-bond donors (Lipinski definition) is 0. The van der Waals surface area contributed by atoms with Gasteiger partial charge in [0.1, 0.15) is 5.82 Å². The molecule has 0 radical (unpaired) electrons. The number of nitrogens with zero attached hydrogens (tertiary/aromatic N) is 2. The van der Waals surface area contributed by atoms with Gasteiger partial charge in [0.15, 0.2) is 0 Å². The fourth-order valence-corrected chi connectivity index (χ4v) is 5.41. The molecule has 3 aromatic carbocycles. The number of fused-ring (bicyclic) bond motifs is 2. The van der Waals surface area contributed by atoms with Gasteiger partial charge in [-0.15, -0.1) is 0 Å². The molecule has 2 heterocycles. The Kier molecular flexibility index (Phi) is 5.65. The van der Waals surface area contributed by atoms with E-state index in [0.717, 1.165) is 26.2 Å². The number of halogens is 1. The van der Waals surface area contributed by atoms with E-state index in [-0.39, 0.29) is 5.82 Å². The van der Waals surface area contributed by atoms with Crippen LogP contribution >= 0.6 is 0 Å². The van der Waals surface area contributed by atoms with Gasteiger partial charge in [-0.05, 0) is 41.7 Å². The second kappa shape index (κ2) is 8.71. The van der Waals surface area contributed by atoms with E-state index in [2.05, 4.69) is 70.5 Å². The van der Waals surface area contributed by atoms with Crippen LogP contribution < -0.4 is 0 Å². The lowest BCUT2D eigenvalue weighted by molar-refractivity contribution is -0.00356. The standard InChI is InChI=1S/C27H29FN2/c28-24-13-11-21(12-14-24)19-29-17-18-30-20-25(29)15-16-26(30)27(22-7-3-1-4-8-22)23-9-5-2-6-10-23/h1-14,25-27H,15-20H2/t25-,26-/m1/s1. The molecule has 2 bridgehead atoms. The van der Waals surface area contributed by atoms with Gasteiger partial charge in [0.05, 0.1) is 0 Å². The zero-order chi connectivity index (χ0) is 20.3. The lowest BCUT2D eigenvalue weighted by atomic mass is 9.79. The van der Waals surface area contributed by atoms with Crippen LogP contribution in [-0.4, -0.2) is 41.5 Å². The molecule has 2 saturated heterocycles. The zero-order valence-corrected chi connectivity index (χ0v) is 17.3. The predicted molar refractivity (Wildman–Crippen MR) is 120 cm³/mol. The van der Waals surface area contributed by atoms with Gasteiger partial charge in [-0.3, -0.25) is 9.80 Å². The van der Waals surface area contributed by atoms with Gasteiger partial charge < -0.3 is 0 Å². The van der Waals surface area contributed by atoms with Crippen molar-refractivity contribution in [1.29, 1.82) is 0 Å². The summed E-state index contributed by atoms with van der Waals surface area (Å²) >= 11 is 0. The van der Waals surface area contributed by atoms with Crippen molar-refractivity contribution in [2.75, 3.05) is 19.6 Å². The number of hydrogen-bond acceptors (Lipinski definition) is 2. The SMILES string of the molecule is Fc1ccc(CN2CCN3C[C@H]2CC[C@@H]3C(c2ccccc2)c2ccccc2)cc1. The van der Waals surface area contributed by atoms with E-state index >= 15 is 0 Å². The van der Waals surface area contributed by atoms with Gasteiger partial charge in [-0.25, -0.2) is 4.39 Å². The first-order chi connectivity index (χ1) is 14.8. The Morgan fingerprint density at radius 2 is 1.40 bits per heavy atom. The van der Waals surface area contributed by atoms with Crippen molar-refractivity contribution in [2.45, 2.75) is 37.4 Å². The van der Waals surface area contributed by atoms with Crippen LogP contribution in [-0.2, 0) is 6.54 Å². The van der Waals surface area contributed by atoms with Crippen molar-refractivity contribution in [3.8, 4) is 0 Å². The topological polar surface area (TPSA) is 6.48 Å². The highest BCUT2D eigenvalue weighted by atomic mass is 19.1. The van der Waals surface area contributed by atoms with Crippen molar-refractivity contribution in [1.82, 2.24) is 9.80 Å². The number of rotatable bonds is 5. The zero-order valence-electron chi connectivity index (χ0n) is 17.3. The summed E-state index contributed by atoms with van der Waals surface area (Å²) in [5.41, 5.74) is 4.04. The van der Waals surface area contributed by atoms with Gasteiger partial charge in [-0.1, -0.05) is 72.8 Å². The molecule has 1 unspecified atom stereocenters. The molecule has 0 amide bonds. The Balaban J connectivity index is 1.34. The molecule has 5 rings (SSSR count). The molecule has 2 aliphatic heterocycles. The van der Waals surface area contributed by atoms with Crippen LogP contribution in [0.5, 0.6) is 0 Å². The summed E-state index contributed by atoms with van der Waals surface area (Å²) in [6, 6.07) is 30.2. The molecule has 0 aliphatic carbocycles. The molecule has 0 N–H and O–H groups in total. The number of piperazine rings is 1. The van der Waals surface area contributed by atoms with Crippen molar-refractivity contribution < 1.29 is 4.39 Å². The molecular formula is C27H29FN2. The molecule has 0 spiro atoms. The van der Waals surface area contributed by atoms with E-state index in [4.69, 9.17) is 0 Å². The maximum Gasteiger partial charge on any atom is 0.123 e. The van der Waals surface area contributed by atoms with Crippen molar-refractivity contribution in [3.63, 3.8) is 0 Å². The van der Waals surface area contributed by atoms with E-state index in [1.165, 1.54) is 29.5 Å². The summed E-state index contributed by atoms with van der Waals surface area (Å²) in [5.74, 6) is 0.258. The fraction of sp³-hybridized carbons (Fsp3) is 0.333. The van der Waals surface area contributed by atoms with Crippen LogP contribution in [0, 0.1) is 5.82 Å². The first-order valence-corrected chi connectivity index (χ1v) is 11.1. The molecule has 3 atom stereocenters. The molecule has 30 heavy (non-hydrogen) atoms. The van der Waals surface area contributed by atoms with Gasteiger partial charge >= 0.3 is 0 Å². The monoisotopic (exact) mass is 400 g/mol. The highest BCUT2D eigenvalue weighted by molar-refractivity contribution is 5.35. The Labute approximate surface area is 179 Å². The summed E-state index contributed by atoms with van der Waals surface area (Å²) in [4.78, 5) is 5.32. The Morgan fingerprint density at radius 1 is 0.767 bits per heavy atom. The van der Waals surface area contributed by atoms with Crippen LogP contribution in [0.15, 0.2) is 84.9 Å². The summed E-state index contributed by atoms with van der Waals surface area (Å²) < 4.78 is 13.2. The van der Waals surface area contributed by atoms with Gasteiger partial charge in [0.25, 0.3) is 0 Å². The smallest absolute Gasteiger partial charge is 0.123 e. The third-order valence-electron chi connectivity index (χ3n) is 6.90. The third-order valence-corrected chi connectivity index (χ3v) is 6.90. The van der Waals surface area contributed by atoms with Gasteiger partial charge in [0.2, 0.25) is 0 Å². The first kappa shape index (κ1) is 19.5. The summed E-state index contributed by atoms with van der Waals surface area (Å²) in [6.45, 7) is 4.22. The molecule has 154 valence electrons. The van der Waals surface area contributed by atoms with Crippen LogP contribution in [0.25, 0.3) is 0 Å². The highest BCUT2D eigenvalue weighted by Gasteiger charge is 2.39. The Bertz CT molecular complexity index is 902. The Morgan fingerprint density at radius 3 is 2.03 bits per heavy atom. The number of piperidine rings is 1. The molecule has 3 aromatic rings. The maximum atomic E-state index is 13.2. The Hall–Kier alpha value is -2.49. The minimum absolute atomic E-state index is 0.156. The average Bonchev–Trinajstić information content (AvgIpc) is 2.80. The van der Waals surface area contributed by atoms with E-state index in [1.54, 1.807) is 12.1 Å². The highest BCUT2D eigenvalue weighted by Crippen LogP contribution is 2.38. The van der Waals surface area contributed by atoms with E-state index in [9.17, 15) is 4.39 Å². The molecule has 2 nitrogen and oxygen atoms in total. The fourth-order valence-electron chi connectivity index (χ4n) is 5.41. The lowest BCUT2D eigenvalue weighted by Gasteiger charge is -2.51. The van der Waals surface area contributed by atoms with Crippen LogP contribution in [0.1, 0.15) is 35.4 Å². The second-order valence-corrected chi connectivity index (χ2v) is 8.69. The van der Waals surface area contributed by atoms with Gasteiger partial charge in [0, 0.05) is 44.2 Å². The predicted octanol–water partition coefficient (Wildman–Crippen LogP) is 5.31. The minimum atomic E-state index is -0.156. The lowest BCUT2D eigenvalue weighted by Crippen LogP contribution is -2.60. The van der Waals surface area contributed by atoms with Crippen LogP contribution in [0.3, 0.4) is 0 Å². The van der Waals surface area contributed by atoms with Crippen molar-refractivity contribution >= 4 is 0 Å². The molecule has 0 aromatic heterocycles. The second-order valence-electron chi connectivity index (χ2n) is 8.69. The summed E-state index contributed by atoms with van der Waals surface area (Å²) in [7, 11) is 0. The molecule has 2 fully saturated rings. The average molecular weight is 401 g/mol. The van der Waals surface area contributed by atoms with E-state index in [1.807, 2.05) is 12.1 Å². The molecule has 3 heteroatoms.